The molecular weight excluding hydrogens is 446 g/mol. The number of halogens is 1. The molecule has 0 aliphatic rings. The molecule has 2 aromatic carbocycles. The van der Waals surface area contributed by atoms with Gasteiger partial charge < -0.3 is 26.2 Å². The second kappa shape index (κ2) is 12.2. The van der Waals surface area contributed by atoms with E-state index in [9.17, 15) is 19.5 Å². The molecule has 2 aromatic rings. The van der Waals surface area contributed by atoms with Crippen LogP contribution >= 0.6 is 11.6 Å². The van der Waals surface area contributed by atoms with Crippen LogP contribution in [0.3, 0.4) is 0 Å². The lowest BCUT2D eigenvalue weighted by molar-refractivity contribution is -0.143. The summed E-state index contributed by atoms with van der Waals surface area (Å²) in [6.07, 6.45) is 0.166. The number of hydrogen-bond acceptors (Lipinski definition) is 5. The Morgan fingerprint density at radius 1 is 1.06 bits per heavy atom. The molecule has 0 saturated carbocycles. The lowest BCUT2D eigenvalue weighted by Gasteiger charge is -2.24. The molecule has 0 fully saturated rings. The maximum atomic E-state index is 13.1. The smallest absolute Gasteiger partial charge is 0.326 e. The van der Waals surface area contributed by atoms with E-state index in [0.717, 1.165) is 5.56 Å². The van der Waals surface area contributed by atoms with Crippen LogP contribution in [-0.4, -0.2) is 47.6 Å². The Morgan fingerprint density at radius 2 is 1.73 bits per heavy atom. The Morgan fingerprint density at radius 3 is 2.30 bits per heavy atom. The van der Waals surface area contributed by atoms with Crippen molar-refractivity contribution in [3.8, 4) is 5.75 Å². The summed E-state index contributed by atoms with van der Waals surface area (Å²) in [5.41, 5.74) is 6.69. The van der Waals surface area contributed by atoms with E-state index >= 15 is 0 Å². The lowest BCUT2D eigenvalue weighted by atomic mass is 10.0. The molecule has 178 valence electrons. The fourth-order valence-electron chi connectivity index (χ4n) is 3.09. The number of carbonyl (C=O) groups is 3. The molecule has 33 heavy (non-hydrogen) atoms. The maximum Gasteiger partial charge on any atom is 0.326 e. The number of nitrogens with two attached hydrogens (primary N) is 1. The molecule has 8 nitrogen and oxygen atoms in total. The zero-order chi connectivity index (χ0) is 24.5. The van der Waals surface area contributed by atoms with Gasteiger partial charge in [-0.25, -0.2) is 4.79 Å². The van der Waals surface area contributed by atoms with Crippen molar-refractivity contribution in [3.63, 3.8) is 0 Å². The average molecular weight is 476 g/mol. The first-order valence-electron chi connectivity index (χ1n) is 10.6. The average Bonchev–Trinajstić information content (AvgIpc) is 2.76. The first-order valence-corrected chi connectivity index (χ1v) is 11.0. The molecule has 0 aliphatic heterocycles. The van der Waals surface area contributed by atoms with Crippen molar-refractivity contribution in [2.45, 2.75) is 45.3 Å². The number of benzene rings is 2. The highest BCUT2D eigenvalue weighted by Gasteiger charge is 2.29. The van der Waals surface area contributed by atoms with E-state index in [2.05, 4.69) is 10.6 Å². The van der Waals surface area contributed by atoms with E-state index < -0.39 is 29.9 Å². The summed E-state index contributed by atoms with van der Waals surface area (Å²) in [5.74, 6) is -2.40. The summed E-state index contributed by atoms with van der Waals surface area (Å²) >= 11 is 6.09. The van der Waals surface area contributed by atoms with Crippen LogP contribution < -0.4 is 21.1 Å². The number of nitrogens with one attached hydrogen (secondary N) is 2. The van der Waals surface area contributed by atoms with E-state index in [1.807, 2.05) is 30.3 Å². The molecule has 0 radical (unpaired) electrons. The third kappa shape index (κ3) is 8.07. The number of rotatable bonds is 11. The van der Waals surface area contributed by atoms with Gasteiger partial charge >= 0.3 is 5.97 Å². The zero-order valence-corrected chi connectivity index (χ0v) is 19.6. The second-order valence-electron chi connectivity index (χ2n) is 8.21. The van der Waals surface area contributed by atoms with Crippen LogP contribution in [0.25, 0.3) is 0 Å². The van der Waals surface area contributed by atoms with Crippen molar-refractivity contribution in [3.05, 3.63) is 64.7 Å². The van der Waals surface area contributed by atoms with Crippen LogP contribution in [0.2, 0.25) is 5.02 Å². The van der Waals surface area contributed by atoms with Crippen molar-refractivity contribution in [2.75, 3.05) is 6.61 Å². The van der Waals surface area contributed by atoms with Gasteiger partial charge in [-0.15, -0.1) is 0 Å². The normalized spacial score (nSPS) is 13.6. The van der Waals surface area contributed by atoms with E-state index in [1.54, 1.807) is 32.9 Å². The van der Waals surface area contributed by atoms with Crippen molar-refractivity contribution in [2.24, 2.45) is 11.7 Å². The van der Waals surface area contributed by atoms with Crippen molar-refractivity contribution in [1.29, 1.82) is 0 Å². The summed E-state index contributed by atoms with van der Waals surface area (Å²) in [6, 6.07) is 11.3. The molecule has 2 amide bonds. The minimum absolute atomic E-state index is 0.146. The summed E-state index contributed by atoms with van der Waals surface area (Å²) < 4.78 is 5.64. The largest absolute Gasteiger partial charge is 0.491 e. The second-order valence-corrected chi connectivity index (χ2v) is 8.65. The van der Waals surface area contributed by atoms with Gasteiger partial charge in [-0.3, -0.25) is 9.59 Å². The van der Waals surface area contributed by atoms with E-state index in [1.165, 1.54) is 6.07 Å². The Labute approximate surface area is 198 Å². The molecule has 0 aromatic heterocycles. The van der Waals surface area contributed by atoms with Gasteiger partial charge in [0.2, 0.25) is 5.91 Å². The van der Waals surface area contributed by atoms with Gasteiger partial charge in [0.15, 0.2) is 0 Å². The Bertz CT molecular complexity index is 966. The molecule has 0 unspecified atom stereocenters. The van der Waals surface area contributed by atoms with Gasteiger partial charge in [-0.05, 0) is 36.6 Å². The monoisotopic (exact) mass is 475 g/mol. The molecule has 3 atom stereocenters. The number of ether oxygens (including phenoxy) is 1. The molecule has 0 heterocycles. The minimum atomic E-state index is -1.15. The highest BCUT2D eigenvalue weighted by molar-refractivity contribution is 6.31. The topological polar surface area (TPSA) is 131 Å². The molecule has 5 N–H and O–H groups in total. The van der Waals surface area contributed by atoms with Crippen LogP contribution in [0.4, 0.5) is 0 Å². The van der Waals surface area contributed by atoms with Gasteiger partial charge in [0.1, 0.15) is 24.4 Å². The van der Waals surface area contributed by atoms with Gasteiger partial charge in [-0.1, -0.05) is 55.8 Å². The zero-order valence-electron chi connectivity index (χ0n) is 18.9. The third-order valence-corrected chi connectivity index (χ3v) is 5.06. The SMILES string of the molecule is CC(C)[C@H](NC(=O)[C@H](Cc1ccccc1)NC(=O)c1cc(Cl)ccc1OC[C@@H](C)N)C(=O)O. The molecule has 0 spiro atoms. The van der Waals surface area contributed by atoms with E-state index in [4.69, 9.17) is 22.1 Å². The van der Waals surface area contributed by atoms with Crippen molar-refractivity contribution < 1.29 is 24.2 Å². The van der Waals surface area contributed by atoms with Crippen LogP contribution in [0.5, 0.6) is 5.75 Å². The van der Waals surface area contributed by atoms with Crippen molar-refractivity contribution in [1.82, 2.24) is 10.6 Å². The lowest BCUT2D eigenvalue weighted by Crippen LogP contribution is -2.53. The van der Waals surface area contributed by atoms with Gasteiger partial charge in [0.05, 0.1) is 5.56 Å². The molecule has 0 saturated heterocycles. The Hall–Kier alpha value is -3.10. The van der Waals surface area contributed by atoms with Crippen molar-refractivity contribution >= 4 is 29.4 Å². The molecule has 0 bridgehead atoms. The summed E-state index contributed by atoms with van der Waals surface area (Å²) in [5, 5.41) is 15.0. The number of carbonyl (C=O) groups excluding carboxylic acids is 2. The molecule has 9 heteroatoms. The third-order valence-electron chi connectivity index (χ3n) is 4.82. The Kier molecular flexibility index (Phi) is 9.69. The number of carboxylic acid groups (broad SMARTS) is 1. The van der Waals surface area contributed by atoms with Gasteiger partial charge in [-0.2, -0.15) is 0 Å². The minimum Gasteiger partial charge on any atom is -0.491 e. The van der Waals surface area contributed by atoms with E-state index in [-0.39, 0.29) is 36.3 Å². The fraction of sp³-hybridized carbons (Fsp3) is 0.375. The number of carboxylic acids is 1. The predicted molar refractivity (Wildman–Crippen MR) is 126 cm³/mol. The quantitative estimate of drug-likeness (QED) is 0.395. The van der Waals surface area contributed by atoms with Crippen LogP contribution in [0.15, 0.2) is 48.5 Å². The van der Waals surface area contributed by atoms with Gasteiger partial charge in [0, 0.05) is 17.5 Å². The summed E-state index contributed by atoms with van der Waals surface area (Å²) in [4.78, 5) is 37.7. The summed E-state index contributed by atoms with van der Waals surface area (Å²) in [6.45, 7) is 5.34. The number of amides is 2. The maximum absolute atomic E-state index is 13.1. The summed E-state index contributed by atoms with van der Waals surface area (Å²) in [7, 11) is 0. The predicted octanol–water partition coefficient (Wildman–Crippen LogP) is 2.63. The first-order chi connectivity index (χ1) is 15.6. The highest BCUT2D eigenvalue weighted by Crippen LogP contribution is 2.23. The van der Waals surface area contributed by atoms with Crippen LogP contribution in [-0.2, 0) is 16.0 Å². The molecule has 2 rings (SSSR count). The number of aliphatic carboxylic acids is 1. The number of hydrogen-bond donors (Lipinski definition) is 4. The van der Waals surface area contributed by atoms with E-state index in [0.29, 0.717) is 5.02 Å². The standard InChI is InChI=1S/C24H30ClN3O5/c1-14(2)21(24(31)32)28-23(30)19(11-16-7-5-4-6-8-16)27-22(29)18-12-17(25)9-10-20(18)33-13-15(3)26/h4-10,12,14-15,19,21H,11,13,26H2,1-3H3,(H,27,29)(H,28,30)(H,31,32)/t15-,19+,21+/m1/s1. The highest BCUT2D eigenvalue weighted by atomic mass is 35.5. The Balaban J connectivity index is 2.30. The van der Waals surface area contributed by atoms with Gasteiger partial charge in [0.25, 0.3) is 5.91 Å². The first kappa shape index (κ1) is 26.2. The van der Waals surface area contributed by atoms with Crippen LogP contribution in [0.1, 0.15) is 36.7 Å². The molecule has 0 aliphatic carbocycles. The molecular formula is C24H30ClN3O5. The van der Waals surface area contributed by atoms with Crippen LogP contribution in [0, 0.1) is 5.92 Å². The fourth-order valence-corrected chi connectivity index (χ4v) is 3.26.